The highest BCUT2D eigenvalue weighted by molar-refractivity contribution is 5.93. The van der Waals surface area contributed by atoms with E-state index in [1.807, 2.05) is 18.2 Å². The van der Waals surface area contributed by atoms with Crippen molar-refractivity contribution in [2.24, 2.45) is 0 Å². The van der Waals surface area contributed by atoms with Gasteiger partial charge in [-0.1, -0.05) is 5.16 Å². The molecule has 4 N–H and O–H groups in total. The number of likely N-dealkylation sites (tertiary alicyclic amines) is 1. The molecule has 1 spiro atoms. The summed E-state index contributed by atoms with van der Waals surface area (Å²) in [6.07, 6.45) is 1.18. The van der Waals surface area contributed by atoms with Crippen molar-refractivity contribution in [3.8, 4) is 5.75 Å². The van der Waals surface area contributed by atoms with Gasteiger partial charge in [-0.2, -0.15) is 0 Å². The molecule has 2 aliphatic rings. The summed E-state index contributed by atoms with van der Waals surface area (Å²) in [5.74, 6) is 0.826. The van der Waals surface area contributed by atoms with Gasteiger partial charge in [0.15, 0.2) is 5.76 Å². The third kappa shape index (κ3) is 4.71. The molecule has 6 rings (SSSR count). The van der Waals surface area contributed by atoms with Crippen LogP contribution in [0.5, 0.6) is 5.75 Å². The summed E-state index contributed by atoms with van der Waals surface area (Å²) in [6, 6.07) is 10.1. The molecule has 0 unspecified atom stereocenters. The van der Waals surface area contributed by atoms with Crippen LogP contribution in [0.3, 0.4) is 0 Å². The Hall–Kier alpha value is -4.58. The van der Waals surface area contributed by atoms with Gasteiger partial charge in [0.05, 0.1) is 19.8 Å². The maximum Gasteiger partial charge on any atom is 0.322 e. The number of aryl methyl sites for hydroxylation is 2. The number of nitrogens with one attached hydrogen (secondary N) is 3. The molecule has 2 aliphatic heterocycles. The number of urea groups is 2. The highest BCUT2D eigenvalue weighted by Gasteiger charge is 2.49. The van der Waals surface area contributed by atoms with Gasteiger partial charge in [0.25, 0.3) is 0 Å². The lowest BCUT2D eigenvalue weighted by Crippen LogP contribution is -2.56. The molecule has 1 saturated heterocycles. The summed E-state index contributed by atoms with van der Waals surface area (Å²) < 4.78 is 24.1. The number of aromatic amines is 1. The number of carbonyl (C=O) groups is 2. The number of nitrogens with zero attached hydrogens (tertiary/aromatic N) is 3. The van der Waals surface area contributed by atoms with Crippen molar-refractivity contribution < 1.29 is 28.3 Å². The number of anilines is 2. The Morgan fingerprint density at radius 1 is 1.14 bits per heavy atom. The lowest BCUT2D eigenvalue weighted by Gasteiger charge is -2.50. The summed E-state index contributed by atoms with van der Waals surface area (Å²) in [7, 11) is 1.60. The lowest BCUT2D eigenvalue weighted by atomic mass is 9.68. The number of ether oxygens (including phenoxy) is 1. The minimum atomic E-state index is -0.634. The number of benzene rings is 2. The molecule has 220 valence electrons. The lowest BCUT2D eigenvalue weighted by molar-refractivity contribution is 0.0801. The molecule has 2 aromatic heterocycles. The molecule has 4 heterocycles. The van der Waals surface area contributed by atoms with Gasteiger partial charge in [0.2, 0.25) is 0 Å². The second kappa shape index (κ2) is 10.7. The highest BCUT2D eigenvalue weighted by atomic mass is 19.1. The number of methoxy groups -OCH3 is 1. The van der Waals surface area contributed by atoms with Gasteiger partial charge in [0.1, 0.15) is 22.9 Å². The number of hydrogen-bond donors (Lipinski definition) is 4. The average molecular weight is 577 g/mol. The Morgan fingerprint density at radius 2 is 1.88 bits per heavy atom. The van der Waals surface area contributed by atoms with E-state index in [1.54, 1.807) is 30.8 Å². The van der Waals surface area contributed by atoms with Gasteiger partial charge in [-0.05, 0) is 68.7 Å². The van der Waals surface area contributed by atoms with Crippen LogP contribution in [0.25, 0.3) is 10.9 Å². The van der Waals surface area contributed by atoms with Crippen molar-refractivity contribution in [3.05, 3.63) is 71.0 Å². The van der Waals surface area contributed by atoms with Gasteiger partial charge >= 0.3 is 12.1 Å². The van der Waals surface area contributed by atoms with Crippen molar-refractivity contribution in [3.63, 3.8) is 0 Å². The number of rotatable bonds is 4. The average Bonchev–Trinajstić information content (AvgIpc) is 3.54. The van der Waals surface area contributed by atoms with E-state index in [-0.39, 0.29) is 12.6 Å². The fraction of sp³-hybridized carbons (Fsp3) is 0.367. The summed E-state index contributed by atoms with van der Waals surface area (Å²) in [5.41, 5.74) is 3.79. The summed E-state index contributed by atoms with van der Waals surface area (Å²) >= 11 is 0. The number of amides is 4. The normalized spacial score (nSPS) is 17.8. The Bertz CT molecular complexity index is 1620. The third-order valence-corrected chi connectivity index (χ3v) is 8.55. The molecule has 4 amide bonds. The first kappa shape index (κ1) is 27.6. The number of aliphatic hydroxyl groups is 1. The molecule has 0 bridgehead atoms. The number of H-pyrrole nitrogens is 1. The van der Waals surface area contributed by atoms with Crippen LogP contribution < -0.4 is 15.4 Å². The predicted molar refractivity (Wildman–Crippen MR) is 154 cm³/mol. The van der Waals surface area contributed by atoms with Crippen LogP contribution in [0.1, 0.15) is 41.6 Å². The zero-order valence-corrected chi connectivity index (χ0v) is 23.7. The van der Waals surface area contributed by atoms with Gasteiger partial charge in [-0.15, -0.1) is 0 Å². The zero-order valence-electron chi connectivity index (χ0n) is 23.7. The van der Waals surface area contributed by atoms with Crippen molar-refractivity contribution in [1.82, 2.24) is 19.9 Å². The van der Waals surface area contributed by atoms with E-state index < -0.39 is 23.3 Å². The minimum absolute atomic E-state index is 0.238. The van der Waals surface area contributed by atoms with Gasteiger partial charge in [-0.3, -0.25) is 0 Å². The second-order valence-electron chi connectivity index (χ2n) is 11.0. The number of aliphatic hydroxyl groups excluding tert-OH is 1. The zero-order chi connectivity index (χ0) is 29.6. The number of aromatic nitrogens is 2. The van der Waals surface area contributed by atoms with Crippen molar-refractivity contribution in [2.45, 2.75) is 38.1 Å². The van der Waals surface area contributed by atoms with E-state index in [0.29, 0.717) is 61.1 Å². The Balaban J connectivity index is 1.34. The van der Waals surface area contributed by atoms with E-state index in [4.69, 9.17) is 9.26 Å². The Morgan fingerprint density at radius 3 is 2.52 bits per heavy atom. The topological polar surface area (TPSA) is 136 Å². The number of halogens is 1. The molecule has 1 fully saturated rings. The fourth-order valence-electron chi connectivity index (χ4n) is 6.34. The largest absolute Gasteiger partial charge is 0.497 e. The highest BCUT2D eigenvalue weighted by Crippen LogP contribution is 2.49. The molecule has 42 heavy (non-hydrogen) atoms. The minimum Gasteiger partial charge on any atom is -0.497 e. The molecule has 4 aromatic rings. The first-order chi connectivity index (χ1) is 20.2. The van der Waals surface area contributed by atoms with Gasteiger partial charge in [0, 0.05) is 53.4 Å². The third-order valence-electron chi connectivity index (χ3n) is 8.55. The summed E-state index contributed by atoms with van der Waals surface area (Å²) in [6.45, 7) is 4.46. The molecule has 0 saturated carbocycles. The van der Waals surface area contributed by atoms with E-state index >= 15 is 0 Å². The van der Waals surface area contributed by atoms with Crippen molar-refractivity contribution in [2.75, 3.05) is 44.0 Å². The van der Waals surface area contributed by atoms with E-state index in [1.165, 1.54) is 24.3 Å². The molecular formula is C30H33FN6O5. The summed E-state index contributed by atoms with van der Waals surface area (Å²) in [5, 5.41) is 21.3. The summed E-state index contributed by atoms with van der Waals surface area (Å²) in [4.78, 5) is 33.8. The van der Waals surface area contributed by atoms with Crippen LogP contribution in [0.15, 0.2) is 47.0 Å². The molecule has 12 heteroatoms. The maximum absolute atomic E-state index is 13.7. The molecule has 11 nitrogen and oxygen atoms in total. The van der Waals surface area contributed by atoms with Crippen LogP contribution in [-0.2, 0) is 5.41 Å². The Kier molecular flexibility index (Phi) is 7.01. The van der Waals surface area contributed by atoms with E-state index in [9.17, 15) is 19.1 Å². The molecule has 1 atom stereocenters. The smallest absolute Gasteiger partial charge is 0.322 e. The molecular weight excluding hydrogens is 543 g/mol. The Labute approximate surface area is 241 Å². The van der Waals surface area contributed by atoms with Gasteiger partial charge < -0.3 is 39.8 Å². The fourth-order valence-corrected chi connectivity index (χ4v) is 6.34. The number of piperidine rings is 1. The van der Waals surface area contributed by atoms with Crippen molar-refractivity contribution >= 4 is 34.3 Å². The second-order valence-corrected chi connectivity index (χ2v) is 11.0. The van der Waals surface area contributed by atoms with Crippen LogP contribution in [0.4, 0.5) is 25.4 Å². The number of hydrogen-bond acceptors (Lipinski definition) is 6. The standard InChI is InChI=1S/C30H33FN6O5/c1-17-26(18(2)42-35-17)34-28(39)36-12-10-30(11-13-36)16-37(29(40)32-20-6-4-19(31)5-7-20)24(15-38)27-25(30)22-9-8-21(41-3)14-23(22)33-27/h4-9,14,24,33,38H,10-13,15-16H2,1-3H3,(H,32,40)(H,34,39)/t24-/m0/s1. The van der Waals surface area contributed by atoms with Gasteiger partial charge in [-0.25, -0.2) is 14.0 Å². The predicted octanol–water partition coefficient (Wildman–Crippen LogP) is 5.07. The molecule has 0 radical (unpaired) electrons. The SMILES string of the molecule is COc1ccc2c3c([nH]c2c1)[C@H](CO)N(C(=O)Nc1ccc(F)cc1)CC31CCN(C(=O)Nc2c(C)noc2C)CC1. The van der Waals surface area contributed by atoms with Crippen LogP contribution in [-0.4, -0.2) is 70.5 Å². The van der Waals surface area contributed by atoms with Crippen LogP contribution in [0.2, 0.25) is 0 Å². The quantitative estimate of drug-likeness (QED) is 0.268. The van der Waals surface area contributed by atoms with E-state index in [2.05, 4.69) is 20.8 Å². The van der Waals surface area contributed by atoms with Crippen LogP contribution in [0, 0.1) is 19.7 Å². The molecule has 0 aliphatic carbocycles. The van der Waals surface area contributed by atoms with Crippen molar-refractivity contribution in [1.29, 1.82) is 0 Å². The monoisotopic (exact) mass is 576 g/mol. The maximum atomic E-state index is 13.7. The van der Waals surface area contributed by atoms with Crippen LogP contribution >= 0.6 is 0 Å². The molecule has 2 aromatic carbocycles. The first-order valence-electron chi connectivity index (χ1n) is 13.9. The number of fused-ring (bicyclic) bond motifs is 4. The van der Waals surface area contributed by atoms with E-state index in [0.717, 1.165) is 22.2 Å². The first-order valence-corrected chi connectivity index (χ1v) is 13.9. The number of carbonyl (C=O) groups excluding carboxylic acids is 2.